The minimum absolute atomic E-state index is 0.180. The Labute approximate surface area is 127 Å². The zero-order valence-electron chi connectivity index (χ0n) is 12.5. The number of rotatable bonds is 3. The van der Waals surface area contributed by atoms with Crippen LogP contribution in [0.4, 0.5) is 0 Å². The van der Waals surface area contributed by atoms with Crippen molar-refractivity contribution in [3.05, 3.63) is 35.4 Å². The summed E-state index contributed by atoms with van der Waals surface area (Å²) in [5, 5.41) is 2.80. The highest BCUT2D eigenvalue weighted by Gasteiger charge is 2.38. The standard InChI is InChI=1S/C15H16N2O5/c1-15(2,3)14(21)16-8-11(18)22-17-12(19)9-6-4-5-7-10(9)13(17)20/h4-7H,8H2,1-3H3,(H,16,21). The first-order valence-electron chi connectivity index (χ1n) is 6.68. The van der Waals surface area contributed by atoms with Crippen molar-refractivity contribution < 1.29 is 24.0 Å². The van der Waals surface area contributed by atoms with Crippen LogP contribution in [-0.4, -0.2) is 35.3 Å². The Kier molecular flexibility index (Phi) is 3.99. The van der Waals surface area contributed by atoms with E-state index in [0.29, 0.717) is 5.06 Å². The lowest BCUT2D eigenvalue weighted by atomic mass is 9.96. The molecule has 0 bridgehead atoms. The van der Waals surface area contributed by atoms with E-state index in [0.717, 1.165) is 0 Å². The number of carbonyl (C=O) groups is 4. The second kappa shape index (κ2) is 5.59. The first kappa shape index (κ1) is 15.7. The molecule has 1 heterocycles. The van der Waals surface area contributed by atoms with Crippen LogP contribution in [0.5, 0.6) is 0 Å². The van der Waals surface area contributed by atoms with Crippen LogP contribution in [0.25, 0.3) is 0 Å². The molecule has 0 fully saturated rings. The van der Waals surface area contributed by atoms with Gasteiger partial charge in [0.1, 0.15) is 6.54 Å². The van der Waals surface area contributed by atoms with Crippen molar-refractivity contribution in [1.29, 1.82) is 0 Å². The van der Waals surface area contributed by atoms with Gasteiger partial charge in [-0.3, -0.25) is 14.4 Å². The molecule has 0 saturated heterocycles. The first-order chi connectivity index (χ1) is 10.2. The summed E-state index contributed by atoms with van der Waals surface area (Å²) >= 11 is 0. The van der Waals surface area contributed by atoms with Gasteiger partial charge in [0.2, 0.25) is 5.91 Å². The molecule has 0 aromatic heterocycles. The molecule has 7 nitrogen and oxygen atoms in total. The van der Waals surface area contributed by atoms with Gasteiger partial charge in [-0.1, -0.05) is 38.0 Å². The molecule has 22 heavy (non-hydrogen) atoms. The van der Waals surface area contributed by atoms with Gasteiger partial charge >= 0.3 is 5.97 Å². The van der Waals surface area contributed by atoms with E-state index in [2.05, 4.69) is 5.32 Å². The lowest BCUT2D eigenvalue weighted by Crippen LogP contribution is -2.41. The third-order valence-electron chi connectivity index (χ3n) is 3.02. The van der Waals surface area contributed by atoms with Crippen LogP contribution in [0.3, 0.4) is 0 Å². The van der Waals surface area contributed by atoms with E-state index < -0.39 is 29.7 Å². The van der Waals surface area contributed by atoms with E-state index in [1.165, 1.54) is 12.1 Å². The summed E-state index contributed by atoms with van der Waals surface area (Å²) in [6.07, 6.45) is 0. The third kappa shape index (κ3) is 2.98. The maximum Gasteiger partial charge on any atom is 0.352 e. The fraction of sp³-hybridized carbons (Fsp3) is 0.333. The van der Waals surface area contributed by atoms with E-state index in [1.54, 1.807) is 32.9 Å². The molecular formula is C15H16N2O5. The number of carbonyl (C=O) groups excluding carboxylic acids is 4. The molecule has 0 unspecified atom stereocenters. The van der Waals surface area contributed by atoms with E-state index in [1.807, 2.05) is 0 Å². The van der Waals surface area contributed by atoms with Crippen LogP contribution in [0, 0.1) is 5.41 Å². The van der Waals surface area contributed by atoms with Gasteiger partial charge in [-0.05, 0) is 12.1 Å². The predicted molar refractivity (Wildman–Crippen MR) is 75.5 cm³/mol. The number of nitrogens with one attached hydrogen (secondary N) is 1. The summed E-state index contributed by atoms with van der Waals surface area (Å²) < 4.78 is 0. The second-order valence-electron chi connectivity index (χ2n) is 5.85. The number of benzene rings is 1. The molecule has 1 aromatic rings. The number of nitrogens with zero attached hydrogens (tertiary/aromatic N) is 1. The van der Waals surface area contributed by atoms with Crippen LogP contribution in [0.2, 0.25) is 0 Å². The van der Waals surface area contributed by atoms with Crippen LogP contribution >= 0.6 is 0 Å². The fourth-order valence-electron chi connectivity index (χ4n) is 1.80. The van der Waals surface area contributed by atoms with Crippen LogP contribution in [0.15, 0.2) is 24.3 Å². The molecule has 1 aliphatic rings. The molecular weight excluding hydrogens is 288 g/mol. The number of hydroxylamine groups is 2. The summed E-state index contributed by atoms with van der Waals surface area (Å²) in [5.41, 5.74) is -0.298. The molecule has 3 amide bonds. The zero-order chi connectivity index (χ0) is 16.5. The molecule has 116 valence electrons. The Morgan fingerprint density at radius 1 is 1.09 bits per heavy atom. The highest BCUT2D eigenvalue weighted by Crippen LogP contribution is 2.22. The third-order valence-corrected chi connectivity index (χ3v) is 3.02. The van der Waals surface area contributed by atoms with Gasteiger partial charge in [0.15, 0.2) is 0 Å². The number of imide groups is 1. The van der Waals surface area contributed by atoms with Gasteiger partial charge < -0.3 is 10.2 Å². The van der Waals surface area contributed by atoms with E-state index in [9.17, 15) is 19.2 Å². The second-order valence-corrected chi connectivity index (χ2v) is 5.85. The largest absolute Gasteiger partial charge is 0.352 e. The van der Waals surface area contributed by atoms with Crippen molar-refractivity contribution in [3.8, 4) is 0 Å². The van der Waals surface area contributed by atoms with Crippen molar-refractivity contribution in [3.63, 3.8) is 0 Å². The normalized spacial score (nSPS) is 13.9. The maximum absolute atomic E-state index is 12.0. The topological polar surface area (TPSA) is 92.8 Å². The molecule has 0 saturated carbocycles. The fourth-order valence-corrected chi connectivity index (χ4v) is 1.80. The summed E-state index contributed by atoms with van der Waals surface area (Å²) in [4.78, 5) is 52.1. The number of hydrogen-bond donors (Lipinski definition) is 1. The van der Waals surface area contributed by atoms with Crippen LogP contribution in [-0.2, 0) is 14.4 Å². The maximum atomic E-state index is 12.0. The van der Waals surface area contributed by atoms with Gasteiger partial charge in [0, 0.05) is 5.41 Å². The molecule has 1 aliphatic heterocycles. The van der Waals surface area contributed by atoms with E-state index >= 15 is 0 Å². The highest BCUT2D eigenvalue weighted by atomic mass is 16.7. The minimum atomic E-state index is -0.896. The molecule has 0 atom stereocenters. The summed E-state index contributed by atoms with van der Waals surface area (Å²) in [6.45, 7) is 4.65. The Morgan fingerprint density at radius 2 is 1.59 bits per heavy atom. The average Bonchev–Trinajstić information content (AvgIpc) is 2.69. The molecule has 0 spiro atoms. The number of fused-ring (bicyclic) bond motifs is 1. The molecule has 7 heteroatoms. The van der Waals surface area contributed by atoms with Gasteiger partial charge in [0.05, 0.1) is 11.1 Å². The lowest BCUT2D eigenvalue weighted by Gasteiger charge is -2.18. The predicted octanol–water partition coefficient (Wildman–Crippen LogP) is 0.903. The monoisotopic (exact) mass is 304 g/mol. The first-order valence-corrected chi connectivity index (χ1v) is 6.68. The minimum Gasteiger partial charge on any atom is -0.345 e. The Hall–Kier alpha value is -2.70. The highest BCUT2D eigenvalue weighted by molar-refractivity contribution is 6.20. The van der Waals surface area contributed by atoms with Crippen molar-refractivity contribution in [2.45, 2.75) is 20.8 Å². The SMILES string of the molecule is CC(C)(C)C(=O)NCC(=O)ON1C(=O)c2ccccc2C1=O. The van der Waals surface area contributed by atoms with Gasteiger partial charge in [-0.15, -0.1) is 0 Å². The van der Waals surface area contributed by atoms with Gasteiger partial charge in [-0.2, -0.15) is 0 Å². The van der Waals surface area contributed by atoms with Crippen LogP contribution in [0.1, 0.15) is 41.5 Å². The molecule has 0 radical (unpaired) electrons. The van der Waals surface area contributed by atoms with Crippen molar-refractivity contribution in [2.75, 3.05) is 6.54 Å². The summed E-state index contributed by atoms with van der Waals surface area (Å²) in [5.74, 6) is -2.63. The molecule has 0 aliphatic carbocycles. The van der Waals surface area contributed by atoms with Gasteiger partial charge in [-0.25, -0.2) is 4.79 Å². The molecule has 2 rings (SSSR count). The number of amides is 3. The average molecular weight is 304 g/mol. The molecule has 1 N–H and O–H groups in total. The van der Waals surface area contributed by atoms with Crippen LogP contribution < -0.4 is 5.32 Å². The molecule has 1 aromatic carbocycles. The summed E-state index contributed by atoms with van der Waals surface area (Å²) in [6, 6.07) is 6.17. The quantitative estimate of drug-likeness (QED) is 0.838. The van der Waals surface area contributed by atoms with E-state index in [4.69, 9.17) is 4.84 Å². The lowest BCUT2D eigenvalue weighted by molar-refractivity contribution is -0.168. The summed E-state index contributed by atoms with van der Waals surface area (Å²) in [7, 11) is 0. The van der Waals surface area contributed by atoms with Gasteiger partial charge in [0.25, 0.3) is 11.8 Å². The van der Waals surface area contributed by atoms with Crippen molar-refractivity contribution in [1.82, 2.24) is 10.4 Å². The Morgan fingerprint density at radius 3 is 2.05 bits per heavy atom. The smallest absolute Gasteiger partial charge is 0.345 e. The Bertz CT molecular complexity index is 625. The van der Waals surface area contributed by atoms with E-state index in [-0.39, 0.29) is 17.0 Å². The Balaban J connectivity index is 1.98. The zero-order valence-corrected chi connectivity index (χ0v) is 12.5. The van der Waals surface area contributed by atoms with Crippen molar-refractivity contribution >= 4 is 23.7 Å². The van der Waals surface area contributed by atoms with Crippen molar-refractivity contribution in [2.24, 2.45) is 5.41 Å². The number of hydrogen-bond acceptors (Lipinski definition) is 5.